The van der Waals surface area contributed by atoms with Crippen molar-refractivity contribution in [2.75, 3.05) is 5.73 Å². The zero-order valence-corrected chi connectivity index (χ0v) is 9.04. The van der Waals surface area contributed by atoms with Gasteiger partial charge in [-0.1, -0.05) is 24.3 Å². The molecular weight excluding hydrogens is 186 g/mol. The van der Waals surface area contributed by atoms with Crippen LogP contribution in [0, 0.1) is 13.8 Å². The molecule has 2 aromatic rings. The molecule has 0 radical (unpaired) electrons. The van der Waals surface area contributed by atoms with Crippen molar-refractivity contribution in [2.45, 2.75) is 20.3 Å². The molecule has 0 spiro atoms. The van der Waals surface area contributed by atoms with Gasteiger partial charge in [0.1, 0.15) is 5.82 Å². The number of nitrogens with one attached hydrogen (secondary N) is 1. The maximum absolute atomic E-state index is 5.82. The molecule has 0 aliphatic rings. The largest absolute Gasteiger partial charge is 0.384 e. The molecule has 1 aromatic carbocycles. The molecule has 78 valence electrons. The van der Waals surface area contributed by atoms with Crippen molar-refractivity contribution in [3.63, 3.8) is 0 Å². The minimum atomic E-state index is 0.677. The van der Waals surface area contributed by atoms with E-state index >= 15 is 0 Å². The van der Waals surface area contributed by atoms with E-state index in [-0.39, 0.29) is 0 Å². The van der Waals surface area contributed by atoms with Crippen molar-refractivity contribution < 1.29 is 0 Å². The molecule has 3 N–H and O–H groups in total. The van der Waals surface area contributed by atoms with Gasteiger partial charge in [0.2, 0.25) is 0 Å². The first-order valence-electron chi connectivity index (χ1n) is 5.02. The number of benzene rings is 1. The quantitative estimate of drug-likeness (QED) is 0.782. The Labute approximate surface area is 89.3 Å². The second kappa shape index (κ2) is 3.77. The van der Waals surface area contributed by atoms with Gasteiger partial charge in [-0.25, -0.2) is 0 Å². The first kappa shape index (κ1) is 9.77. The summed E-state index contributed by atoms with van der Waals surface area (Å²) >= 11 is 0. The summed E-state index contributed by atoms with van der Waals surface area (Å²) in [7, 11) is 0. The van der Waals surface area contributed by atoms with E-state index < -0.39 is 0 Å². The van der Waals surface area contributed by atoms with E-state index in [0.29, 0.717) is 5.82 Å². The number of nitrogens with zero attached hydrogens (tertiary/aromatic N) is 1. The molecule has 0 aliphatic heterocycles. The van der Waals surface area contributed by atoms with Gasteiger partial charge in [-0.15, -0.1) is 0 Å². The van der Waals surface area contributed by atoms with Crippen LogP contribution in [0.4, 0.5) is 5.82 Å². The Balaban J connectivity index is 2.34. The lowest BCUT2D eigenvalue weighted by Crippen LogP contribution is -1.96. The van der Waals surface area contributed by atoms with E-state index in [4.69, 9.17) is 5.73 Å². The maximum atomic E-state index is 5.82. The summed E-state index contributed by atoms with van der Waals surface area (Å²) in [6.07, 6.45) is 0.848. The Morgan fingerprint density at radius 2 is 2.00 bits per heavy atom. The fraction of sp³-hybridized carbons (Fsp3) is 0.250. The topological polar surface area (TPSA) is 54.7 Å². The van der Waals surface area contributed by atoms with Crippen LogP contribution < -0.4 is 5.73 Å². The monoisotopic (exact) mass is 201 g/mol. The van der Waals surface area contributed by atoms with Gasteiger partial charge in [-0.2, -0.15) is 5.10 Å². The maximum Gasteiger partial charge on any atom is 0.122 e. The van der Waals surface area contributed by atoms with Gasteiger partial charge in [-0.05, 0) is 25.0 Å². The number of hydrogen-bond donors (Lipinski definition) is 2. The van der Waals surface area contributed by atoms with Crippen LogP contribution in [0.2, 0.25) is 0 Å². The molecule has 1 aromatic heterocycles. The van der Waals surface area contributed by atoms with Gasteiger partial charge in [0, 0.05) is 12.0 Å². The van der Waals surface area contributed by atoms with Crippen molar-refractivity contribution in [3.8, 4) is 0 Å². The molecule has 1 heterocycles. The molecule has 3 nitrogen and oxygen atoms in total. The normalized spacial score (nSPS) is 10.5. The summed E-state index contributed by atoms with van der Waals surface area (Å²) in [6.45, 7) is 4.08. The van der Waals surface area contributed by atoms with E-state index in [1.54, 1.807) is 0 Å². The summed E-state index contributed by atoms with van der Waals surface area (Å²) in [5, 5.41) is 6.90. The minimum absolute atomic E-state index is 0.677. The predicted molar refractivity (Wildman–Crippen MR) is 61.7 cm³/mol. The van der Waals surface area contributed by atoms with Gasteiger partial charge in [0.05, 0.1) is 5.69 Å². The van der Waals surface area contributed by atoms with E-state index in [2.05, 4.69) is 29.3 Å². The molecule has 3 heteroatoms. The Hall–Kier alpha value is -1.77. The van der Waals surface area contributed by atoms with Gasteiger partial charge in [0.15, 0.2) is 0 Å². The number of hydrogen-bond acceptors (Lipinski definition) is 2. The molecule has 0 bridgehead atoms. The van der Waals surface area contributed by atoms with Crippen LogP contribution in [0.1, 0.15) is 22.4 Å². The highest BCUT2D eigenvalue weighted by atomic mass is 15.2. The van der Waals surface area contributed by atoms with Crippen LogP contribution in [0.25, 0.3) is 0 Å². The van der Waals surface area contributed by atoms with Crippen LogP contribution in [0.3, 0.4) is 0 Å². The number of rotatable bonds is 2. The molecule has 2 rings (SSSR count). The summed E-state index contributed by atoms with van der Waals surface area (Å²) < 4.78 is 0. The second-order valence-corrected chi connectivity index (χ2v) is 3.80. The fourth-order valence-electron chi connectivity index (χ4n) is 1.70. The van der Waals surface area contributed by atoms with Crippen LogP contribution in [-0.4, -0.2) is 10.2 Å². The average molecular weight is 201 g/mol. The lowest BCUT2D eigenvalue weighted by molar-refractivity contribution is 1.04. The number of aryl methyl sites for hydroxylation is 2. The smallest absolute Gasteiger partial charge is 0.122 e. The number of nitrogen functional groups attached to an aromatic ring is 1. The number of aromatic amines is 1. The Kier molecular flexibility index (Phi) is 2.46. The predicted octanol–water partition coefficient (Wildman–Crippen LogP) is 2.20. The fourth-order valence-corrected chi connectivity index (χ4v) is 1.70. The minimum Gasteiger partial charge on any atom is -0.384 e. The van der Waals surface area contributed by atoms with Gasteiger partial charge < -0.3 is 5.73 Å². The van der Waals surface area contributed by atoms with E-state index in [0.717, 1.165) is 17.7 Å². The molecule has 0 unspecified atom stereocenters. The lowest BCUT2D eigenvalue weighted by atomic mass is 10.0. The van der Waals surface area contributed by atoms with Crippen molar-refractivity contribution in [2.24, 2.45) is 0 Å². The van der Waals surface area contributed by atoms with E-state index in [1.807, 2.05) is 19.1 Å². The standard InChI is InChI=1S/C12H15N3/c1-8-5-3-4-6-10(8)7-11-9(2)14-15-12(11)13/h3-6H,7H2,1-2H3,(H3,13,14,15). The van der Waals surface area contributed by atoms with Crippen molar-refractivity contribution in [1.29, 1.82) is 0 Å². The third-order valence-corrected chi connectivity index (χ3v) is 2.73. The Morgan fingerprint density at radius 1 is 1.27 bits per heavy atom. The van der Waals surface area contributed by atoms with Crippen LogP contribution in [-0.2, 0) is 6.42 Å². The molecular formula is C12H15N3. The number of anilines is 1. The van der Waals surface area contributed by atoms with Crippen molar-refractivity contribution in [3.05, 3.63) is 46.6 Å². The average Bonchev–Trinajstić information content (AvgIpc) is 2.53. The van der Waals surface area contributed by atoms with Gasteiger partial charge in [-0.3, -0.25) is 5.10 Å². The molecule has 0 aliphatic carbocycles. The molecule has 0 saturated carbocycles. The van der Waals surface area contributed by atoms with Crippen molar-refractivity contribution >= 4 is 5.82 Å². The molecule has 0 atom stereocenters. The number of aromatic nitrogens is 2. The lowest BCUT2D eigenvalue weighted by Gasteiger charge is -2.05. The summed E-state index contributed by atoms with van der Waals surface area (Å²) in [4.78, 5) is 0. The number of H-pyrrole nitrogens is 1. The summed E-state index contributed by atoms with van der Waals surface area (Å²) in [5.41, 5.74) is 10.5. The first-order chi connectivity index (χ1) is 7.18. The summed E-state index contributed by atoms with van der Waals surface area (Å²) in [6, 6.07) is 8.33. The zero-order chi connectivity index (χ0) is 10.8. The highest BCUT2D eigenvalue weighted by molar-refractivity contribution is 5.45. The zero-order valence-electron chi connectivity index (χ0n) is 9.04. The third-order valence-electron chi connectivity index (χ3n) is 2.73. The molecule has 0 amide bonds. The molecule has 0 saturated heterocycles. The number of nitrogens with two attached hydrogens (primary N) is 1. The SMILES string of the molecule is Cc1ccccc1Cc1c(C)n[nH]c1N. The van der Waals surface area contributed by atoms with Crippen molar-refractivity contribution in [1.82, 2.24) is 10.2 Å². The Morgan fingerprint density at radius 3 is 2.60 bits per heavy atom. The summed E-state index contributed by atoms with van der Waals surface area (Å²) in [5.74, 6) is 0.677. The van der Waals surface area contributed by atoms with Gasteiger partial charge in [0.25, 0.3) is 0 Å². The van der Waals surface area contributed by atoms with Gasteiger partial charge >= 0.3 is 0 Å². The first-order valence-corrected chi connectivity index (χ1v) is 5.02. The molecule has 15 heavy (non-hydrogen) atoms. The Bertz CT molecular complexity index is 452. The van der Waals surface area contributed by atoms with Crippen LogP contribution in [0.15, 0.2) is 24.3 Å². The van der Waals surface area contributed by atoms with Crippen LogP contribution in [0.5, 0.6) is 0 Å². The van der Waals surface area contributed by atoms with E-state index in [1.165, 1.54) is 11.1 Å². The highest BCUT2D eigenvalue weighted by Crippen LogP contribution is 2.19. The third kappa shape index (κ3) is 1.86. The van der Waals surface area contributed by atoms with E-state index in [9.17, 15) is 0 Å². The second-order valence-electron chi connectivity index (χ2n) is 3.80. The molecule has 0 fully saturated rings. The highest BCUT2D eigenvalue weighted by Gasteiger charge is 2.08. The van der Waals surface area contributed by atoms with Crippen LogP contribution >= 0.6 is 0 Å².